The lowest BCUT2D eigenvalue weighted by Crippen LogP contribution is -2.53. The number of hydrogen-bond donors (Lipinski definition) is 2. The predicted octanol–water partition coefficient (Wildman–Crippen LogP) is 2.02. The first-order valence-corrected chi connectivity index (χ1v) is 8.14. The van der Waals surface area contributed by atoms with Crippen molar-refractivity contribution in [1.82, 2.24) is 10.2 Å². The van der Waals surface area contributed by atoms with Crippen LogP contribution in [0.4, 0.5) is 4.79 Å². The highest BCUT2D eigenvalue weighted by molar-refractivity contribution is 7.98. The van der Waals surface area contributed by atoms with Crippen molar-refractivity contribution in [3.05, 3.63) is 0 Å². The first kappa shape index (κ1) is 16.1. The van der Waals surface area contributed by atoms with E-state index in [0.29, 0.717) is 18.9 Å². The summed E-state index contributed by atoms with van der Waals surface area (Å²) < 4.78 is 0. The molecule has 19 heavy (non-hydrogen) atoms. The molecule has 1 saturated heterocycles. The van der Waals surface area contributed by atoms with Crippen LogP contribution in [0.3, 0.4) is 0 Å². The van der Waals surface area contributed by atoms with Crippen LogP contribution >= 0.6 is 11.8 Å². The topological polar surface area (TPSA) is 69.6 Å². The predicted molar refractivity (Wildman–Crippen MR) is 77.5 cm³/mol. The van der Waals surface area contributed by atoms with Gasteiger partial charge < -0.3 is 15.3 Å². The Morgan fingerprint density at radius 3 is 2.68 bits per heavy atom. The summed E-state index contributed by atoms with van der Waals surface area (Å²) in [5.41, 5.74) is 0. The average molecular weight is 288 g/mol. The smallest absolute Gasteiger partial charge is 0.326 e. The fraction of sp³-hybridized carbons (Fsp3) is 0.846. The normalized spacial score (nSPS) is 24.9. The number of carboxylic acids is 1. The molecule has 2 N–H and O–H groups in total. The number of carbonyl (C=O) groups excluding carboxylic acids is 1. The maximum absolute atomic E-state index is 12.2. The van der Waals surface area contributed by atoms with Gasteiger partial charge in [-0.15, -0.1) is 0 Å². The van der Waals surface area contributed by atoms with Crippen molar-refractivity contribution in [1.29, 1.82) is 0 Å². The van der Waals surface area contributed by atoms with Crippen LogP contribution in [0.1, 0.15) is 33.1 Å². The molecule has 110 valence electrons. The van der Waals surface area contributed by atoms with Crippen LogP contribution in [0.2, 0.25) is 0 Å². The van der Waals surface area contributed by atoms with Gasteiger partial charge in [-0.2, -0.15) is 11.8 Å². The molecule has 2 unspecified atom stereocenters. The van der Waals surface area contributed by atoms with Crippen LogP contribution in [0.25, 0.3) is 0 Å². The number of thioether (sulfide) groups is 1. The first-order valence-electron chi connectivity index (χ1n) is 6.74. The SMILES string of the molecule is CSCC[C@H](NC(=O)N1CC(C)CCC1C)C(=O)O. The highest BCUT2D eigenvalue weighted by Gasteiger charge is 2.29. The van der Waals surface area contributed by atoms with Crippen molar-refractivity contribution in [2.45, 2.75) is 45.2 Å². The van der Waals surface area contributed by atoms with Gasteiger partial charge in [-0.3, -0.25) is 0 Å². The summed E-state index contributed by atoms with van der Waals surface area (Å²) in [5.74, 6) is 0.250. The van der Waals surface area contributed by atoms with Crippen molar-refractivity contribution in [2.24, 2.45) is 5.92 Å². The van der Waals surface area contributed by atoms with E-state index in [2.05, 4.69) is 12.2 Å². The molecule has 1 fully saturated rings. The van der Waals surface area contributed by atoms with Gasteiger partial charge in [-0.1, -0.05) is 6.92 Å². The number of nitrogens with one attached hydrogen (secondary N) is 1. The standard InChI is InChI=1S/C13H24N2O3S/c1-9-4-5-10(2)15(8-9)13(18)14-11(12(16)17)6-7-19-3/h9-11H,4-8H2,1-3H3,(H,14,18)(H,16,17)/t9?,10?,11-/m0/s1. The quantitative estimate of drug-likeness (QED) is 0.812. The lowest BCUT2D eigenvalue weighted by atomic mass is 9.95. The van der Waals surface area contributed by atoms with Crippen LogP contribution in [-0.2, 0) is 4.79 Å². The Hall–Kier alpha value is -0.910. The average Bonchev–Trinajstić information content (AvgIpc) is 2.36. The molecule has 5 nitrogen and oxygen atoms in total. The molecule has 1 rings (SSSR count). The Labute approximate surface area is 119 Å². The molecule has 0 aromatic carbocycles. The van der Waals surface area contributed by atoms with Crippen molar-refractivity contribution >= 4 is 23.8 Å². The Morgan fingerprint density at radius 2 is 2.11 bits per heavy atom. The van der Waals surface area contributed by atoms with E-state index in [1.54, 1.807) is 16.7 Å². The Balaban J connectivity index is 2.57. The molecule has 0 saturated carbocycles. The number of rotatable bonds is 5. The number of likely N-dealkylation sites (tertiary alicyclic amines) is 1. The van der Waals surface area contributed by atoms with Gasteiger partial charge in [0.05, 0.1) is 0 Å². The van der Waals surface area contributed by atoms with E-state index >= 15 is 0 Å². The first-order chi connectivity index (χ1) is 8.95. The lowest BCUT2D eigenvalue weighted by molar-refractivity contribution is -0.139. The molecule has 3 atom stereocenters. The second-order valence-electron chi connectivity index (χ2n) is 5.31. The summed E-state index contributed by atoms with van der Waals surface area (Å²) >= 11 is 1.58. The van der Waals surface area contributed by atoms with Crippen LogP contribution in [0, 0.1) is 5.92 Å². The number of amides is 2. The summed E-state index contributed by atoms with van der Waals surface area (Å²) in [7, 11) is 0. The number of carbonyl (C=O) groups is 2. The van der Waals surface area contributed by atoms with E-state index < -0.39 is 12.0 Å². The number of urea groups is 1. The summed E-state index contributed by atoms with van der Waals surface area (Å²) in [6.45, 7) is 4.85. The molecular formula is C13H24N2O3S. The van der Waals surface area contributed by atoms with E-state index in [1.165, 1.54) is 0 Å². The van der Waals surface area contributed by atoms with E-state index in [4.69, 9.17) is 5.11 Å². The maximum atomic E-state index is 12.2. The van der Waals surface area contributed by atoms with Crippen molar-refractivity contribution < 1.29 is 14.7 Å². The number of hydrogen-bond acceptors (Lipinski definition) is 3. The van der Waals surface area contributed by atoms with Crippen molar-refractivity contribution in [3.8, 4) is 0 Å². The summed E-state index contributed by atoms with van der Waals surface area (Å²) in [6, 6.07) is -0.844. The molecule has 6 heteroatoms. The van der Waals surface area contributed by atoms with Crippen LogP contribution in [0.15, 0.2) is 0 Å². The molecule has 0 aromatic rings. The second kappa shape index (κ2) is 7.62. The minimum Gasteiger partial charge on any atom is -0.480 e. The number of nitrogens with zero attached hydrogens (tertiary/aromatic N) is 1. The lowest BCUT2D eigenvalue weighted by Gasteiger charge is -2.37. The molecule has 0 aliphatic carbocycles. The third-order valence-electron chi connectivity index (χ3n) is 3.58. The number of aliphatic carboxylic acids is 1. The third kappa shape index (κ3) is 4.93. The van der Waals surface area contributed by atoms with Gasteiger partial charge >= 0.3 is 12.0 Å². The number of carboxylic acid groups (broad SMARTS) is 1. The zero-order valence-electron chi connectivity index (χ0n) is 11.9. The fourth-order valence-electron chi connectivity index (χ4n) is 2.30. The third-order valence-corrected chi connectivity index (χ3v) is 4.23. The van der Waals surface area contributed by atoms with Crippen LogP contribution in [0.5, 0.6) is 0 Å². The van der Waals surface area contributed by atoms with Gasteiger partial charge in [0, 0.05) is 12.6 Å². The number of piperidine rings is 1. The minimum absolute atomic E-state index is 0.186. The minimum atomic E-state index is -0.958. The zero-order valence-corrected chi connectivity index (χ0v) is 12.7. The van der Waals surface area contributed by atoms with Gasteiger partial charge in [-0.05, 0) is 44.1 Å². The molecule has 1 heterocycles. The van der Waals surface area contributed by atoms with E-state index in [0.717, 1.165) is 18.6 Å². The Morgan fingerprint density at radius 1 is 1.42 bits per heavy atom. The molecule has 1 aliphatic rings. The van der Waals surface area contributed by atoms with Crippen molar-refractivity contribution in [3.63, 3.8) is 0 Å². The second-order valence-corrected chi connectivity index (χ2v) is 6.29. The molecule has 0 spiro atoms. The highest BCUT2D eigenvalue weighted by atomic mass is 32.2. The Kier molecular flexibility index (Phi) is 6.48. The van der Waals surface area contributed by atoms with Gasteiger partial charge in [0.2, 0.25) is 0 Å². The zero-order chi connectivity index (χ0) is 14.4. The maximum Gasteiger partial charge on any atom is 0.326 e. The highest BCUT2D eigenvalue weighted by Crippen LogP contribution is 2.21. The van der Waals surface area contributed by atoms with E-state index in [-0.39, 0.29) is 12.1 Å². The van der Waals surface area contributed by atoms with Crippen LogP contribution < -0.4 is 5.32 Å². The van der Waals surface area contributed by atoms with E-state index in [1.807, 2.05) is 13.2 Å². The molecule has 0 aromatic heterocycles. The largest absolute Gasteiger partial charge is 0.480 e. The molecule has 0 radical (unpaired) electrons. The molecule has 1 aliphatic heterocycles. The fourth-order valence-corrected chi connectivity index (χ4v) is 2.77. The Bertz CT molecular complexity index is 325. The molecular weight excluding hydrogens is 264 g/mol. The van der Waals surface area contributed by atoms with Gasteiger partial charge in [0.1, 0.15) is 6.04 Å². The summed E-state index contributed by atoms with van der Waals surface area (Å²) in [4.78, 5) is 25.1. The van der Waals surface area contributed by atoms with Gasteiger partial charge in [0.15, 0.2) is 0 Å². The summed E-state index contributed by atoms with van der Waals surface area (Å²) in [5, 5.41) is 11.8. The van der Waals surface area contributed by atoms with Crippen molar-refractivity contribution in [2.75, 3.05) is 18.6 Å². The van der Waals surface area contributed by atoms with E-state index in [9.17, 15) is 9.59 Å². The molecule has 0 bridgehead atoms. The monoisotopic (exact) mass is 288 g/mol. The summed E-state index contributed by atoms with van der Waals surface area (Å²) in [6.07, 6.45) is 4.49. The van der Waals surface area contributed by atoms with Gasteiger partial charge in [0.25, 0.3) is 0 Å². The molecule has 2 amide bonds. The van der Waals surface area contributed by atoms with Gasteiger partial charge in [-0.25, -0.2) is 9.59 Å². The van der Waals surface area contributed by atoms with Crippen LogP contribution in [-0.4, -0.2) is 52.6 Å².